The van der Waals surface area contributed by atoms with Crippen LogP contribution in [0.15, 0.2) is 84.0 Å². The molecule has 0 fully saturated rings. The van der Waals surface area contributed by atoms with Gasteiger partial charge in [0.2, 0.25) is 0 Å². The molecule has 2 rings (SSSR count). The predicted octanol–water partition coefficient (Wildman–Crippen LogP) is 13.1. The van der Waals surface area contributed by atoms with Crippen LogP contribution in [0.5, 0.6) is 0 Å². The van der Waals surface area contributed by atoms with Crippen LogP contribution in [0.1, 0.15) is 171 Å². The first-order valence-corrected chi connectivity index (χ1v) is 19.7. The van der Waals surface area contributed by atoms with Gasteiger partial charge in [-0.2, -0.15) is 0 Å². The summed E-state index contributed by atoms with van der Waals surface area (Å²) in [4.78, 5) is 0. The monoisotopic (exact) mass is 664 g/mol. The topological polar surface area (TPSA) is 26.0 Å². The third-order valence-electron chi connectivity index (χ3n) is 14.1. The number of benzene rings is 2. The average Bonchev–Trinajstić information content (AvgIpc) is 3.13. The Morgan fingerprint density at radius 1 is 0.612 bits per heavy atom. The molecule has 0 amide bonds. The molecule has 2 heteroatoms. The Bertz CT molecular complexity index is 1430. The number of hydrogen-bond donors (Lipinski definition) is 1. The van der Waals surface area contributed by atoms with Crippen molar-refractivity contribution < 1.29 is 0 Å². The zero-order valence-electron chi connectivity index (χ0n) is 34.4. The standard InChI is InChI=1S/C47H74BN/c1-16-24-25-37(44(12,19-4)45(13,20-5)39-28-32-40(33-29-39)46(14,49)21-6)27-26-36(17-2)42(9,10)43(11,18-3)38-30-34-41(35-31-38)47(22-7,23-8)48-15/h17,25-35H,15-16,18-24,49H2,1-14H3. The van der Waals surface area contributed by atoms with E-state index in [-0.39, 0.29) is 32.5 Å². The van der Waals surface area contributed by atoms with Crippen LogP contribution in [0, 0.1) is 10.8 Å². The molecule has 0 spiro atoms. The van der Waals surface area contributed by atoms with Gasteiger partial charge in [0.15, 0.2) is 0 Å². The Balaban J connectivity index is 2.65. The number of unbranched alkanes of at least 4 members (excludes halogenated alkanes) is 1. The molecule has 0 saturated heterocycles. The quantitative estimate of drug-likeness (QED) is 0.117. The van der Waals surface area contributed by atoms with Crippen LogP contribution in [0.3, 0.4) is 0 Å². The zero-order chi connectivity index (χ0) is 37.3. The Morgan fingerprint density at radius 2 is 1.06 bits per heavy atom. The minimum absolute atomic E-state index is 0.0383. The fourth-order valence-electron chi connectivity index (χ4n) is 8.43. The summed E-state index contributed by atoms with van der Waals surface area (Å²) in [7, 11) is 0. The fourth-order valence-corrected chi connectivity index (χ4v) is 8.43. The van der Waals surface area contributed by atoms with Crippen LogP contribution in [0.25, 0.3) is 0 Å². The number of nitrogens with two attached hydrogens (primary N) is 1. The van der Waals surface area contributed by atoms with Gasteiger partial charge >= 0.3 is 174 Å². The maximum absolute atomic E-state index is 6.65. The van der Waals surface area contributed by atoms with E-state index >= 15 is 0 Å². The molecule has 0 radical (unpaired) electrons. The van der Waals surface area contributed by atoms with E-state index in [1.807, 2.05) is 0 Å². The third-order valence-corrected chi connectivity index (χ3v) is 14.1. The molecule has 2 aromatic carbocycles. The van der Waals surface area contributed by atoms with Gasteiger partial charge in [0.25, 0.3) is 0 Å². The summed E-state index contributed by atoms with van der Waals surface area (Å²) in [5.41, 5.74) is 14.3. The molecule has 4 atom stereocenters. The van der Waals surface area contributed by atoms with Gasteiger partial charge in [0.1, 0.15) is 0 Å². The van der Waals surface area contributed by atoms with Crippen molar-refractivity contribution in [2.24, 2.45) is 16.6 Å². The first-order valence-electron chi connectivity index (χ1n) is 19.7. The normalized spacial score (nSPS) is 18.3. The van der Waals surface area contributed by atoms with Gasteiger partial charge < -0.3 is 5.73 Å². The summed E-state index contributed by atoms with van der Waals surface area (Å²) < 4.78 is 0. The van der Waals surface area contributed by atoms with E-state index in [0.717, 1.165) is 51.4 Å². The number of allylic oxidation sites excluding steroid dienone is 6. The van der Waals surface area contributed by atoms with E-state index in [9.17, 15) is 0 Å². The molecule has 270 valence electrons. The minimum atomic E-state index is -0.309. The van der Waals surface area contributed by atoms with Gasteiger partial charge in [-0.05, 0) is 43.7 Å². The van der Waals surface area contributed by atoms with Crippen LogP contribution in [0.2, 0.25) is 0 Å². The van der Waals surface area contributed by atoms with Crippen molar-refractivity contribution in [1.82, 2.24) is 0 Å². The van der Waals surface area contributed by atoms with Gasteiger partial charge in [-0.25, -0.2) is 0 Å². The second-order valence-corrected chi connectivity index (χ2v) is 16.2. The Labute approximate surface area is 305 Å². The molecular formula is C47H74BN. The van der Waals surface area contributed by atoms with Crippen molar-refractivity contribution in [3.05, 3.63) is 106 Å². The SMILES string of the molecule is C=BC(CC)(CC)c1ccc(C(C)(CC)C(C)(C)C(C=CC(=CCCC)C(C)(CC)C(C)(CC)c2ccc(C(C)(N)CC)cc2)=CC)cc1. The van der Waals surface area contributed by atoms with Crippen LogP contribution < -0.4 is 5.73 Å². The van der Waals surface area contributed by atoms with Gasteiger partial charge in [-0.3, -0.25) is 0 Å². The molecule has 0 aliphatic heterocycles. The average molecular weight is 664 g/mol. The van der Waals surface area contributed by atoms with Crippen LogP contribution in [-0.2, 0) is 21.7 Å². The van der Waals surface area contributed by atoms with Gasteiger partial charge in [0.05, 0.1) is 0 Å². The van der Waals surface area contributed by atoms with Gasteiger partial charge in [0, 0.05) is 11.0 Å². The molecule has 2 aromatic rings. The summed E-state index contributed by atoms with van der Waals surface area (Å²) in [6, 6.07) is 18.8. The maximum atomic E-state index is 6.65. The summed E-state index contributed by atoms with van der Waals surface area (Å²) in [6.45, 7) is 39.2. The van der Waals surface area contributed by atoms with Crippen molar-refractivity contribution in [1.29, 1.82) is 0 Å². The molecule has 49 heavy (non-hydrogen) atoms. The van der Waals surface area contributed by atoms with E-state index in [1.165, 1.54) is 33.4 Å². The van der Waals surface area contributed by atoms with Crippen molar-refractivity contribution >= 4 is 13.4 Å². The second kappa shape index (κ2) is 17.2. The van der Waals surface area contributed by atoms with E-state index < -0.39 is 0 Å². The molecule has 0 aliphatic rings. The van der Waals surface area contributed by atoms with E-state index in [2.05, 4.69) is 183 Å². The van der Waals surface area contributed by atoms with Crippen molar-refractivity contribution in [3.8, 4) is 0 Å². The fraction of sp³-hybridized carbons (Fsp3) is 0.596. The van der Waals surface area contributed by atoms with E-state index in [4.69, 9.17) is 5.73 Å². The summed E-state index contributed by atoms with van der Waals surface area (Å²) >= 11 is 0. The van der Waals surface area contributed by atoms with Crippen LogP contribution in [-0.4, -0.2) is 13.4 Å². The summed E-state index contributed by atoms with van der Waals surface area (Å²) in [5, 5.41) is 0.0383. The molecule has 0 saturated carbocycles. The molecule has 1 nitrogen and oxygen atoms in total. The van der Waals surface area contributed by atoms with Crippen molar-refractivity contribution in [2.45, 2.75) is 170 Å². The Kier molecular flexibility index (Phi) is 15.0. The zero-order valence-corrected chi connectivity index (χ0v) is 34.4. The molecule has 0 bridgehead atoms. The third kappa shape index (κ3) is 8.06. The first-order chi connectivity index (χ1) is 23.0. The van der Waals surface area contributed by atoms with Gasteiger partial charge in [-0.1, -0.05) is 72.2 Å². The van der Waals surface area contributed by atoms with Crippen LogP contribution >= 0.6 is 0 Å². The molecule has 0 aliphatic carbocycles. The van der Waals surface area contributed by atoms with Crippen molar-refractivity contribution in [2.75, 3.05) is 0 Å². The Morgan fingerprint density at radius 3 is 1.45 bits per heavy atom. The molecule has 0 heterocycles. The van der Waals surface area contributed by atoms with Gasteiger partial charge in [-0.15, -0.1) is 0 Å². The first kappa shape index (κ1) is 42.7. The Hall–Kier alpha value is -2.45. The predicted molar refractivity (Wildman–Crippen MR) is 223 cm³/mol. The molecule has 0 aromatic heterocycles. The number of hydrogen-bond acceptors (Lipinski definition) is 1. The molecular weight excluding hydrogens is 589 g/mol. The molecule has 4 unspecified atom stereocenters. The second-order valence-electron chi connectivity index (χ2n) is 16.2. The van der Waals surface area contributed by atoms with E-state index in [0.29, 0.717) is 0 Å². The summed E-state index contributed by atoms with van der Waals surface area (Å²) in [5.74, 6) is 0. The number of rotatable bonds is 19. The molecule has 2 N–H and O–H groups in total. The van der Waals surface area contributed by atoms with Crippen LogP contribution in [0.4, 0.5) is 0 Å². The summed E-state index contributed by atoms with van der Waals surface area (Å²) in [6.07, 6.45) is 18.2. The van der Waals surface area contributed by atoms with E-state index in [1.54, 1.807) is 0 Å². The van der Waals surface area contributed by atoms with Crippen molar-refractivity contribution in [3.63, 3.8) is 0 Å².